The molecule has 0 saturated heterocycles. The number of benzene rings is 3. The van der Waals surface area contributed by atoms with Crippen LogP contribution in [0.3, 0.4) is 0 Å². The van der Waals surface area contributed by atoms with Gasteiger partial charge < -0.3 is 14.8 Å². The van der Waals surface area contributed by atoms with Gasteiger partial charge in [0.25, 0.3) is 0 Å². The fourth-order valence-corrected chi connectivity index (χ4v) is 4.07. The number of hydrogen-bond acceptors (Lipinski definition) is 6. The number of para-hydroxylation sites is 1. The number of halogens is 1. The van der Waals surface area contributed by atoms with Gasteiger partial charge in [-0.1, -0.05) is 35.5 Å². The molecule has 9 heteroatoms. The van der Waals surface area contributed by atoms with Crippen LogP contribution in [0, 0.1) is 0 Å². The number of aromatic nitrogens is 3. The average molecular weight is 481 g/mol. The molecule has 0 atom stereocenters. The van der Waals surface area contributed by atoms with E-state index in [0.717, 1.165) is 17.0 Å². The minimum Gasteiger partial charge on any atom is -0.497 e. The lowest BCUT2D eigenvalue weighted by atomic mass is 10.2. The number of rotatable bonds is 8. The van der Waals surface area contributed by atoms with Crippen LogP contribution >= 0.6 is 23.4 Å². The molecule has 1 aromatic heterocycles. The maximum absolute atomic E-state index is 12.5. The van der Waals surface area contributed by atoms with Gasteiger partial charge in [0.15, 0.2) is 11.0 Å². The molecule has 4 aromatic rings. The van der Waals surface area contributed by atoms with E-state index < -0.39 is 0 Å². The topological polar surface area (TPSA) is 78.3 Å². The number of thioether (sulfide) groups is 1. The SMILES string of the molecule is COc1ccc(-n2c(SCC(=O)Nc3ccc(Cl)cc3)nnc2-c2ccccc2OC)cc1. The zero-order valence-electron chi connectivity index (χ0n) is 18.0. The number of ether oxygens (including phenoxy) is 2. The molecule has 1 N–H and O–H groups in total. The normalized spacial score (nSPS) is 10.6. The maximum Gasteiger partial charge on any atom is 0.234 e. The molecule has 0 unspecified atom stereocenters. The molecule has 3 aromatic carbocycles. The van der Waals surface area contributed by atoms with Crippen molar-refractivity contribution in [2.45, 2.75) is 5.16 Å². The van der Waals surface area contributed by atoms with Crippen LogP contribution in [0.4, 0.5) is 5.69 Å². The molecule has 0 aliphatic heterocycles. The highest BCUT2D eigenvalue weighted by Crippen LogP contribution is 2.33. The van der Waals surface area contributed by atoms with Crippen LogP contribution in [0.2, 0.25) is 5.02 Å². The van der Waals surface area contributed by atoms with E-state index in [4.69, 9.17) is 21.1 Å². The largest absolute Gasteiger partial charge is 0.497 e. The lowest BCUT2D eigenvalue weighted by Crippen LogP contribution is -2.14. The molecule has 0 spiro atoms. The molecule has 168 valence electrons. The fourth-order valence-electron chi connectivity index (χ4n) is 3.19. The van der Waals surface area contributed by atoms with Crippen LogP contribution in [0.1, 0.15) is 0 Å². The summed E-state index contributed by atoms with van der Waals surface area (Å²) in [5.41, 5.74) is 2.31. The second kappa shape index (κ2) is 10.4. The van der Waals surface area contributed by atoms with Crippen molar-refractivity contribution >= 4 is 35.0 Å². The third-order valence-electron chi connectivity index (χ3n) is 4.77. The van der Waals surface area contributed by atoms with Gasteiger partial charge in [-0.25, -0.2) is 0 Å². The zero-order chi connectivity index (χ0) is 23.2. The van der Waals surface area contributed by atoms with Crippen molar-refractivity contribution in [2.75, 3.05) is 25.3 Å². The van der Waals surface area contributed by atoms with Gasteiger partial charge in [-0.3, -0.25) is 9.36 Å². The van der Waals surface area contributed by atoms with Gasteiger partial charge in [-0.15, -0.1) is 10.2 Å². The Morgan fingerprint density at radius 2 is 1.70 bits per heavy atom. The number of nitrogens with zero attached hydrogens (tertiary/aromatic N) is 3. The van der Waals surface area contributed by atoms with Gasteiger partial charge in [-0.05, 0) is 60.7 Å². The Labute approximate surface area is 200 Å². The first kappa shape index (κ1) is 22.7. The smallest absolute Gasteiger partial charge is 0.234 e. The van der Waals surface area contributed by atoms with E-state index in [9.17, 15) is 4.79 Å². The van der Waals surface area contributed by atoms with Crippen LogP contribution in [0.5, 0.6) is 11.5 Å². The molecule has 0 bridgehead atoms. The van der Waals surface area contributed by atoms with Crippen molar-refractivity contribution in [3.8, 4) is 28.6 Å². The molecule has 7 nitrogen and oxygen atoms in total. The molecule has 33 heavy (non-hydrogen) atoms. The first-order valence-electron chi connectivity index (χ1n) is 10.0. The third kappa shape index (κ3) is 5.30. The summed E-state index contributed by atoms with van der Waals surface area (Å²) in [5, 5.41) is 12.8. The van der Waals surface area contributed by atoms with Crippen LogP contribution < -0.4 is 14.8 Å². The highest BCUT2D eigenvalue weighted by atomic mass is 35.5. The summed E-state index contributed by atoms with van der Waals surface area (Å²) in [7, 11) is 3.23. The number of nitrogens with one attached hydrogen (secondary N) is 1. The number of carbonyl (C=O) groups is 1. The van der Waals surface area contributed by atoms with Gasteiger partial charge in [0.1, 0.15) is 11.5 Å². The predicted molar refractivity (Wildman–Crippen MR) is 131 cm³/mol. The van der Waals surface area contributed by atoms with Crippen molar-refractivity contribution < 1.29 is 14.3 Å². The Bertz CT molecular complexity index is 1240. The lowest BCUT2D eigenvalue weighted by Gasteiger charge is -2.13. The van der Waals surface area contributed by atoms with Gasteiger partial charge in [0.2, 0.25) is 5.91 Å². The number of amides is 1. The molecule has 1 amide bonds. The van der Waals surface area contributed by atoms with Crippen molar-refractivity contribution in [1.29, 1.82) is 0 Å². The molecule has 0 aliphatic carbocycles. The zero-order valence-corrected chi connectivity index (χ0v) is 19.6. The van der Waals surface area contributed by atoms with E-state index in [1.165, 1.54) is 11.8 Å². The van der Waals surface area contributed by atoms with E-state index in [1.54, 1.807) is 38.5 Å². The van der Waals surface area contributed by atoms with E-state index in [1.807, 2.05) is 53.1 Å². The lowest BCUT2D eigenvalue weighted by molar-refractivity contribution is -0.113. The van der Waals surface area contributed by atoms with E-state index in [-0.39, 0.29) is 11.7 Å². The van der Waals surface area contributed by atoms with Crippen LogP contribution in [-0.2, 0) is 4.79 Å². The number of methoxy groups -OCH3 is 2. The molecule has 0 fully saturated rings. The summed E-state index contributed by atoms with van der Waals surface area (Å²) in [6.07, 6.45) is 0. The summed E-state index contributed by atoms with van der Waals surface area (Å²) in [6.45, 7) is 0. The Hall–Kier alpha value is -3.49. The van der Waals surface area contributed by atoms with Gasteiger partial charge in [0, 0.05) is 10.7 Å². The van der Waals surface area contributed by atoms with Crippen LogP contribution in [0.15, 0.2) is 78.0 Å². The van der Waals surface area contributed by atoms with Crippen molar-refractivity contribution in [3.63, 3.8) is 0 Å². The molecule has 0 aliphatic rings. The van der Waals surface area contributed by atoms with Gasteiger partial charge in [0.05, 0.1) is 31.2 Å². The van der Waals surface area contributed by atoms with Crippen LogP contribution in [-0.4, -0.2) is 40.6 Å². The molecule has 0 saturated carbocycles. The van der Waals surface area contributed by atoms with Gasteiger partial charge in [-0.2, -0.15) is 0 Å². The summed E-state index contributed by atoms with van der Waals surface area (Å²) >= 11 is 7.20. The summed E-state index contributed by atoms with van der Waals surface area (Å²) in [6, 6.07) is 22.1. The second-order valence-electron chi connectivity index (χ2n) is 6.88. The minimum absolute atomic E-state index is 0.156. The average Bonchev–Trinajstić information content (AvgIpc) is 3.28. The van der Waals surface area contributed by atoms with E-state index in [2.05, 4.69) is 15.5 Å². The van der Waals surface area contributed by atoms with Crippen LogP contribution in [0.25, 0.3) is 17.1 Å². The third-order valence-corrected chi connectivity index (χ3v) is 5.95. The molecular formula is C24H21ClN4O3S. The second-order valence-corrected chi connectivity index (χ2v) is 8.26. The van der Waals surface area contributed by atoms with Crippen molar-refractivity contribution in [2.24, 2.45) is 0 Å². The minimum atomic E-state index is -0.162. The first-order chi connectivity index (χ1) is 16.1. The van der Waals surface area contributed by atoms with Crippen molar-refractivity contribution in [3.05, 3.63) is 77.8 Å². The van der Waals surface area contributed by atoms with E-state index >= 15 is 0 Å². The maximum atomic E-state index is 12.5. The summed E-state index contributed by atoms with van der Waals surface area (Å²) < 4.78 is 12.7. The predicted octanol–water partition coefficient (Wildman–Crippen LogP) is 5.34. The number of anilines is 1. The highest BCUT2D eigenvalue weighted by molar-refractivity contribution is 7.99. The Morgan fingerprint density at radius 1 is 0.970 bits per heavy atom. The summed E-state index contributed by atoms with van der Waals surface area (Å²) in [5.74, 6) is 2.02. The Kier molecular flexibility index (Phi) is 7.16. The molecule has 0 radical (unpaired) electrons. The fraction of sp³-hybridized carbons (Fsp3) is 0.125. The number of carbonyl (C=O) groups excluding carboxylic acids is 1. The van der Waals surface area contributed by atoms with Gasteiger partial charge >= 0.3 is 0 Å². The molecule has 1 heterocycles. The monoisotopic (exact) mass is 480 g/mol. The molecule has 4 rings (SSSR count). The quantitative estimate of drug-likeness (QED) is 0.343. The standard InChI is InChI=1S/C24H21ClN4O3S/c1-31-19-13-11-18(12-14-19)29-23(20-5-3-4-6-21(20)32-2)27-28-24(29)33-15-22(30)26-17-9-7-16(25)8-10-17/h3-14H,15H2,1-2H3,(H,26,30). The first-order valence-corrected chi connectivity index (χ1v) is 11.4. The summed E-state index contributed by atoms with van der Waals surface area (Å²) in [4.78, 5) is 12.5. The van der Waals surface area contributed by atoms with Crippen molar-refractivity contribution in [1.82, 2.24) is 14.8 Å². The Morgan fingerprint density at radius 3 is 2.39 bits per heavy atom. The number of hydrogen-bond donors (Lipinski definition) is 1. The molecular weight excluding hydrogens is 460 g/mol. The highest BCUT2D eigenvalue weighted by Gasteiger charge is 2.20. The van der Waals surface area contributed by atoms with E-state index in [0.29, 0.717) is 27.4 Å². The Balaban J connectivity index is 1.63.